The van der Waals surface area contributed by atoms with E-state index in [2.05, 4.69) is 5.32 Å². The summed E-state index contributed by atoms with van der Waals surface area (Å²) >= 11 is 5.40. The fraction of sp³-hybridized carbons (Fsp3) is 0.667. The SMILES string of the molecule is C/C(=C\Cl)CNCCN. The van der Waals surface area contributed by atoms with Crippen LogP contribution < -0.4 is 11.1 Å². The summed E-state index contributed by atoms with van der Waals surface area (Å²) in [6, 6.07) is 0. The molecule has 0 bridgehead atoms. The van der Waals surface area contributed by atoms with Gasteiger partial charge in [0.25, 0.3) is 0 Å². The van der Waals surface area contributed by atoms with Crippen molar-refractivity contribution in [1.82, 2.24) is 5.32 Å². The molecule has 0 unspecified atom stereocenters. The van der Waals surface area contributed by atoms with Gasteiger partial charge in [-0.15, -0.1) is 0 Å². The maximum absolute atomic E-state index is 5.40. The first-order valence-corrected chi connectivity index (χ1v) is 3.41. The van der Waals surface area contributed by atoms with Crippen molar-refractivity contribution in [2.24, 2.45) is 5.73 Å². The number of rotatable bonds is 4. The van der Waals surface area contributed by atoms with Crippen LogP contribution in [0.25, 0.3) is 0 Å². The third-order valence-electron chi connectivity index (χ3n) is 0.911. The first-order valence-electron chi connectivity index (χ1n) is 2.98. The Bertz CT molecular complexity index is 91.1. The molecule has 0 aromatic rings. The minimum absolute atomic E-state index is 0.676. The summed E-state index contributed by atoms with van der Waals surface area (Å²) in [5.74, 6) is 0. The minimum atomic E-state index is 0.676. The summed E-state index contributed by atoms with van der Waals surface area (Å²) in [5.41, 5.74) is 7.94. The lowest BCUT2D eigenvalue weighted by Crippen LogP contribution is -2.23. The molecule has 0 aliphatic carbocycles. The number of hydrogen-bond donors (Lipinski definition) is 2. The average molecular weight is 149 g/mol. The summed E-state index contributed by atoms with van der Waals surface area (Å²) in [5, 5.41) is 3.11. The Balaban J connectivity index is 3.07. The molecule has 0 aliphatic heterocycles. The molecule has 0 atom stereocenters. The molecule has 0 aromatic carbocycles. The summed E-state index contributed by atoms with van der Waals surface area (Å²) in [6.07, 6.45) is 0. The molecule has 0 aliphatic rings. The van der Waals surface area contributed by atoms with Gasteiger partial charge in [0.2, 0.25) is 0 Å². The van der Waals surface area contributed by atoms with Crippen LogP contribution in [0.3, 0.4) is 0 Å². The second-order valence-electron chi connectivity index (χ2n) is 1.92. The lowest BCUT2D eigenvalue weighted by molar-refractivity contribution is 0.737. The smallest absolute Gasteiger partial charge is 0.0174 e. The molecule has 0 spiro atoms. The normalized spacial score (nSPS) is 12.1. The zero-order valence-electron chi connectivity index (χ0n) is 5.65. The third-order valence-corrected chi connectivity index (χ3v) is 1.28. The summed E-state index contributed by atoms with van der Waals surface area (Å²) in [4.78, 5) is 0. The number of halogens is 1. The van der Waals surface area contributed by atoms with E-state index in [9.17, 15) is 0 Å². The summed E-state index contributed by atoms with van der Waals surface area (Å²) < 4.78 is 0. The molecule has 0 rings (SSSR count). The highest BCUT2D eigenvalue weighted by Gasteiger charge is 1.85. The number of nitrogens with one attached hydrogen (secondary N) is 1. The van der Waals surface area contributed by atoms with E-state index in [4.69, 9.17) is 17.3 Å². The van der Waals surface area contributed by atoms with Crippen molar-refractivity contribution in [3.63, 3.8) is 0 Å². The van der Waals surface area contributed by atoms with Gasteiger partial charge in [-0.1, -0.05) is 11.6 Å². The first-order chi connectivity index (χ1) is 4.31. The minimum Gasteiger partial charge on any atom is -0.329 e. The lowest BCUT2D eigenvalue weighted by atomic mass is 10.3. The van der Waals surface area contributed by atoms with E-state index in [1.54, 1.807) is 5.54 Å². The Hall–Kier alpha value is -0.0500. The maximum Gasteiger partial charge on any atom is 0.0174 e. The zero-order valence-corrected chi connectivity index (χ0v) is 6.41. The van der Waals surface area contributed by atoms with E-state index >= 15 is 0 Å². The first kappa shape index (κ1) is 8.95. The summed E-state index contributed by atoms with van der Waals surface area (Å²) in [7, 11) is 0. The van der Waals surface area contributed by atoms with Crippen LogP contribution >= 0.6 is 11.6 Å². The van der Waals surface area contributed by atoms with Crippen molar-refractivity contribution >= 4 is 11.6 Å². The molecule has 9 heavy (non-hydrogen) atoms. The molecule has 0 heterocycles. The fourth-order valence-corrected chi connectivity index (χ4v) is 0.503. The monoisotopic (exact) mass is 148 g/mol. The summed E-state index contributed by atoms with van der Waals surface area (Å²) in [6.45, 7) is 4.33. The Labute approximate surface area is 61.1 Å². The predicted octanol–water partition coefficient (Wildman–Crippen LogP) is 0.677. The van der Waals surface area contributed by atoms with Crippen LogP contribution in [-0.4, -0.2) is 19.6 Å². The molecule has 0 saturated carbocycles. The van der Waals surface area contributed by atoms with Crippen LogP contribution in [0, 0.1) is 0 Å². The molecule has 0 aromatic heterocycles. The average Bonchev–Trinajstić information content (AvgIpc) is 1.89. The van der Waals surface area contributed by atoms with Crippen molar-refractivity contribution in [3.8, 4) is 0 Å². The van der Waals surface area contributed by atoms with Gasteiger partial charge in [-0.25, -0.2) is 0 Å². The maximum atomic E-state index is 5.40. The van der Waals surface area contributed by atoms with Crippen molar-refractivity contribution in [2.45, 2.75) is 6.92 Å². The molecule has 0 radical (unpaired) electrons. The van der Waals surface area contributed by atoms with Crippen LogP contribution in [0.5, 0.6) is 0 Å². The van der Waals surface area contributed by atoms with E-state index in [0.717, 1.165) is 18.7 Å². The molecule has 0 fully saturated rings. The van der Waals surface area contributed by atoms with Gasteiger partial charge in [-0.3, -0.25) is 0 Å². The molecule has 3 heteroatoms. The van der Waals surface area contributed by atoms with Crippen molar-refractivity contribution < 1.29 is 0 Å². The van der Waals surface area contributed by atoms with Crippen LogP contribution in [0.15, 0.2) is 11.1 Å². The Kier molecular flexibility index (Phi) is 6.04. The van der Waals surface area contributed by atoms with Crippen LogP contribution in [0.4, 0.5) is 0 Å². The van der Waals surface area contributed by atoms with Crippen molar-refractivity contribution in [1.29, 1.82) is 0 Å². The van der Waals surface area contributed by atoms with Gasteiger partial charge in [-0.2, -0.15) is 0 Å². The number of nitrogens with two attached hydrogens (primary N) is 1. The lowest BCUT2D eigenvalue weighted by Gasteiger charge is -1.99. The van der Waals surface area contributed by atoms with E-state index < -0.39 is 0 Å². The highest BCUT2D eigenvalue weighted by Crippen LogP contribution is 1.90. The molecule has 3 N–H and O–H groups in total. The predicted molar refractivity (Wildman–Crippen MR) is 41.5 cm³/mol. The van der Waals surface area contributed by atoms with Gasteiger partial charge in [0.15, 0.2) is 0 Å². The fourth-order valence-electron chi connectivity index (χ4n) is 0.426. The highest BCUT2D eigenvalue weighted by molar-refractivity contribution is 6.25. The molecule has 54 valence electrons. The van der Waals surface area contributed by atoms with Crippen molar-refractivity contribution in [2.75, 3.05) is 19.6 Å². The van der Waals surface area contributed by atoms with Gasteiger partial charge < -0.3 is 11.1 Å². The Morgan fingerprint density at radius 1 is 1.78 bits per heavy atom. The molecular formula is C6H13ClN2. The number of hydrogen-bond acceptors (Lipinski definition) is 2. The topological polar surface area (TPSA) is 38.0 Å². The molecular weight excluding hydrogens is 136 g/mol. The quantitative estimate of drug-likeness (QED) is 0.576. The second kappa shape index (κ2) is 6.08. The Morgan fingerprint density at radius 2 is 2.44 bits per heavy atom. The second-order valence-corrected chi connectivity index (χ2v) is 2.14. The molecule has 0 amide bonds. The highest BCUT2D eigenvalue weighted by atomic mass is 35.5. The standard InChI is InChI=1S/C6H13ClN2/c1-6(4-7)5-9-3-2-8/h4,9H,2-3,5,8H2,1H3/b6-4+. The van der Waals surface area contributed by atoms with Gasteiger partial charge in [-0.05, 0) is 12.5 Å². The van der Waals surface area contributed by atoms with E-state index in [1.165, 1.54) is 0 Å². The van der Waals surface area contributed by atoms with E-state index in [-0.39, 0.29) is 0 Å². The van der Waals surface area contributed by atoms with Crippen molar-refractivity contribution in [3.05, 3.63) is 11.1 Å². The van der Waals surface area contributed by atoms with Gasteiger partial charge in [0.05, 0.1) is 0 Å². The third kappa shape index (κ3) is 5.83. The molecule has 0 saturated heterocycles. The zero-order chi connectivity index (χ0) is 7.11. The van der Waals surface area contributed by atoms with Crippen LogP contribution in [-0.2, 0) is 0 Å². The van der Waals surface area contributed by atoms with Gasteiger partial charge >= 0.3 is 0 Å². The van der Waals surface area contributed by atoms with Gasteiger partial charge in [0, 0.05) is 25.2 Å². The molecule has 2 nitrogen and oxygen atoms in total. The van der Waals surface area contributed by atoms with Crippen LogP contribution in [0.2, 0.25) is 0 Å². The largest absolute Gasteiger partial charge is 0.329 e. The van der Waals surface area contributed by atoms with Gasteiger partial charge in [0.1, 0.15) is 0 Å². The van der Waals surface area contributed by atoms with E-state index in [1.807, 2.05) is 6.92 Å². The van der Waals surface area contributed by atoms with E-state index in [0.29, 0.717) is 6.54 Å². The Morgan fingerprint density at radius 3 is 2.89 bits per heavy atom. The van der Waals surface area contributed by atoms with Crippen LogP contribution in [0.1, 0.15) is 6.92 Å².